The van der Waals surface area contributed by atoms with Gasteiger partial charge in [-0.3, -0.25) is 9.59 Å². The van der Waals surface area contributed by atoms with Gasteiger partial charge in [0, 0.05) is 19.9 Å². The van der Waals surface area contributed by atoms with Crippen LogP contribution < -0.4 is 5.32 Å². The van der Waals surface area contributed by atoms with Gasteiger partial charge in [0.2, 0.25) is 11.8 Å². The van der Waals surface area contributed by atoms with Gasteiger partial charge in [-0.05, 0) is 5.92 Å². The second kappa shape index (κ2) is 4.82. The van der Waals surface area contributed by atoms with Gasteiger partial charge < -0.3 is 15.3 Å². The highest BCUT2D eigenvalue weighted by atomic mass is 16.3. The Morgan fingerprint density at radius 2 is 2.00 bits per heavy atom. The summed E-state index contributed by atoms with van der Waals surface area (Å²) < 4.78 is 0. The first-order valence-electron chi connectivity index (χ1n) is 5.60. The highest BCUT2D eigenvalue weighted by Gasteiger charge is 2.45. The number of β-amino-alcohol motifs (C(OH)–C–C–N with tert-alkyl or cyclic N) is 1. The average Bonchev–Trinajstić information content (AvgIpc) is 2.11. The fourth-order valence-corrected chi connectivity index (χ4v) is 1.66. The van der Waals surface area contributed by atoms with Crippen LogP contribution in [0.5, 0.6) is 0 Å². The molecule has 1 aliphatic heterocycles. The second-order valence-corrected chi connectivity index (χ2v) is 4.74. The molecular weight excluding hydrogens is 208 g/mol. The number of hydrogen-bond acceptors (Lipinski definition) is 3. The SMILES string of the molecule is CC(=O)NCCC(=O)N1CC(O)(C(C)C)C1. The number of rotatable bonds is 4. The lowest BCUT2D eigenvalue weighted by Gasteiger charge is -2.49. The molecular formula is C11H20N2O3. The Balaban J connectivity index is 2.24. The molecule has 1 fully saturated rings. The standard InChI is InChI=1S/C11H20N2O3/c1-8(2)11(16)6-13(7-11)10(15)4-5-12-9(3)14/h8,16H,4-7H2,1-3H3,(H,12,14). The Hall–Kier alpha value is -1.10. The first-order chi connectivity index (χ1) is 7.35. The maximum absolute atomic E-state index is 11.6. The Kier molecular flexibility index (Phi) is 3.91. The molecule has 0 aliphatic carbocycles. The number of likely N-dealkylation sites (tertiary alicyclic amines) is 1. The van der Waals surface area contributed by atoms with Crippen molar-refractivity contribution in [1.82, 2.24) is 10.2 Å². The predicted octanol–water partition coefficient (Wildman–Crippen LogP) is -0.258. The van der Waals surface area contributed by atoms with Gasteiger partial charge in [-0.1, -0.05) is 13.8 Å². The van der Waals surface area contributed by atoms with E-state index in [1.807, 2.05) is 13.8 Å². The molecule has 5 nitrogen and oxygen atoms in total. The van der Waals surface area contributed by atoms with Gasteiger partial charge in [-0.15, -0.1) is 0 Å². The van der Waals surface area contributed by atoms with E-state index in [0.29, 0.717) is 26.1 Å². The quantitative estimate of drug-likeness (QED) is 0.696. The van der Waals surface area contributed by atoms with Crippen molar-refractivity contribution in [3.8, 4) is 0 Å². The molecule has 1 aliphatic rings. The van der Waals surface area contributed by atoms with Crippen LogP contribution in [0.1, 0.15) is 27.2 Å². The number of aliphatic hydroxyl groups is 1. The van der Waals surface area contributed by atoms with Crippen LogP contribution in [-0.4, -0.2) is 47.1 Å². The molecule has 0 bridgehead atoms. The third-order valence-corrected chi connectivity index (χ3v) is 3.07. The Bertz CT molecular complexity index is 283. The van der Waals surface area contributed by atoms with Gasteiger partial charge in [-0.2, -0.15) is 0 Å². The van der Waals surface area contributed by atoms with E-state index in [4.69, 9.17) is 0 Å². The van der Waals surface area contributed by atoms with Crippen molar-refractivity contribution in [2.45, 2.75) is 32.8 Å². The van der Waals surface area contributed by atoms with Crippen molar-refractivity contribution >= 4 is 11.8 Å². The molecule has 0 spiro atoms. The van der Waals surface area contributed by atoms with E-state index in [9.17, 15) is 14.7 Å². The molecule has 0 saturated carbocycles. The van der Waals surface area contributed by atoms with E-state index in [1.165, 1.54) is 6.92 Å². The van der Waals surface area contributed by atoms with Gasteiger partial charge in [0.1, 0.15) is 5.60 Å². The van der Waals surface area contributed by atoms with Gasteiger partial charge in [0.25, 0.3) is 0 Å². The first kappa shape index (κ1) is 13.0. The zero-order chi connectivity index (χ0) is 12.3. The van der Waals surface area contributed by atoms with Crippen LogP contribution in [0.4, 0.5) is 0 Å². The molecule has 0 aromatic rings. The van der Waals surface area contributed by atoms with Gasteiger partial charge in [0.05, 0.1) is 13.1 Å². The maximum Gasteiger partial charge on any atom is 0.224 e. The van der Waals surface area contributed by atoms with Gasteiger partial charge in [-0.25, -0.2) is 0 Å². The lowest BCUT2D eigenvalue weighted by atomic mass is 9.83. The minimum Gasteiger partial charge on any atom is -0.386 e. The number of hydrogen-bond donors (Lipinski definition) is 2. The summed E-state index contributed by atoms with van der Waals surface area (Å²) in [5.41, 5.74) is -0.719. The predicted molar refractivity (Wildman–Crippen MR) is 59.7 cm³/mol. The lowest BCUT2D eigenvalue weighted by Crippen LogP contribution is -2.66. The smallest absolute Gasteiger partial charge is 0.224 e. The monoisotopic (exact) mass is 228 g/mol. The van der Waals surface area contributed by atoms with Gasteiger partial charge in [0.15, 0.2) is 0 Å². The molecule has 1 saturated heterocycles. The molecule has 0 aromatic carbocycles. The third-order valence-electron chi connectivity index (χ3n) is 3.07. The lowest BCUT2D eigenvalue weighted by molar-refractivity contribution is -0.163. The number of nitrogens with one attached hydrogen (secondary N) is 1. The number of carbonyl (C=O) groups excluding carboxylic acids is 2. The number of nitrogens with zero attached hydrogens (tertiary/aromatic N) is 1. The van der Waals surface area contributed by atoms with E-state index in [0.717, 1.165) is 0 Å². The minimum absolute atomic E-state index is 0.0147. The largest absolute Gasteiger partial charge is 0.386 e. The molecule has 92 valence electrons. The van der Waals surface area contributed by atoms with Crippen molar-refractivity contribution in [2.24, 2.45) is 5.92 Å². The molecule has 0 radical (unpaired) electrons. The normalized spacial score (nSPS) is 18.2. The average molecular weight is 228 g/mol. The van der Waals surface area contributed by atoms with Crippen molar-refractivity contribution in [1.29, 1.82) is 0 Å². The molecule has 0 unspecified atom stereocenters. The molecule has 1 heterocycles. The number of amides is 2. The molecule has 2 amide bonds. The summed E-state index contributed by atoms with van der Waals surface area (Å²) in [6.07, 6.45) is 0.299. The fraction of sp³-hybridized carbons (Fsp3) is 0.818. The topological polar surface area (TPSA) is 69.6 Å². The highest BCUT2D eigenvalue weighted by Crippen LogP contribution is 2.28. The van der Waals surface area contributed by atoms with E-state index in [-0.39, 0.29) is 17.7 Å². The maximum atomic E-state index is 11.6. The van der Waals surface area contributed by atoms with Crippen LogP contribution in [0.2, 0.25) is 0 Å². The summed E-state index contributed by atoms with van der Waals surface area (Å²) in [7, 11) is 0. The van der Waals surface area contributed by atoms with Crippen LogP contribution in [-0.2, 0) is 9.59 Å². The molecule has 16 heavy (non-hydrogen) atoms. The zero-order valence-corrected chi connectivity index (χ0v) is 10.1. The third kappa shape index (κ3) is 2.95. The molecule has 2 N–H and O–H groups in total. The van der Waals surface area contributed by atoms with E-state index >= 15 is 0 Å². The van der Waals surface area contributed by atoms with Crippen LogP contribution in [0.25, 0.3) is 0 Å². The van der Waals surface area contributed by atoms with Crippen LogP contribution in [0.15, 0.2) is 0 Å². The molecule has 0 atom stereocenters. The Morgan fingerprint density at radius 3 is 2.44 bits per heavy atom. The summed E-state index contributed by atoms with van der Waals surface area (Å²) in [4.78, 5) is 23.8. The minimum atomic E-state index is -0.719. The number of carbonyl (C=O) groups is 2. The summed E-state index contributed by atoms with van der Waals surface area (Å²) in [6.45, 7) is 6.49. The summed E-state index contributed by atoms with van der Waals surface area (Å²) in [5, 5.41) is 12.5. The van der Waals surface area contributed by atoms with Crippen molar-refractivity contribution in [3.05, 3.63) is 0 Å². The van der Waals surface area contributed by atoms with Crippen molar-refractivity contribution in [2.75, 3.05) is 19.6 Å². The zero-order valence-electron chi connectivity index (χ0n) is 10.1. The Labute approximate surface area is 95.8 Å². The molecule has 1 rings (SSSR count). The van der Waals surface area contributed by atoms with E-state index in [1.54, 1.807) is 4.90 Å². The van der Waals surface area contributed by atoms with Gasteiger partial charge >= 0.3 is 0 Å². The first-order valence-corrected chi connectivity index (χ1v) is 5.60. The van der Waals surface area contributed by atoms with E-state index < -0.39 is 5.60 Å². The molecule has 5 heteroatoms. The van der Waals surface area contributed by atoms with Crippen LogP contribution in [0.3, 0.4) is 0 Å². The van der Waals surface area contributed by atoms with E-state index in [2.05, 4.69) is 5.32 Å². The summed E-state index contributed by atoms with van der Waals surface area (Å²) >= 11 is 0. The summed E-state index contributed by atoms with van der Waals surface area (Å²) in [5.74, 6) is 0.0149. The van der Waals surface area contributed by atoms with Crippen LogP contribution >= 0.6 is 0 Å². The van der Waals surface area contributed by atoms with Crippen molar-refractivity contribution in [3.63, 3.8) is 0 Å². The van der Waals surface area contributed by atoms with Crippen molar-refractivity contribution < 1.29 is 14.7 Å². The highest BCUT2D eigenvalue weighted by molar-refractivity contribution is 5.79. The second-order valence-electron chi connectivity index (χ2n) is 4.74. The Morgan fingerprint density at radius 1 is 1.44 bits per heavy atom. The fourth-order valence-electron chi connectivity index (χ4n) is 1.66. The molecule has 0 aromatic heterocycles. The summed E-state index contributed by atoms with van der Waals surface area (Å²) in [6, 6.07) is 0. The van der Waals surface area contributed by atoms with Crippen LogP contribution in [0, 0.1) is 5.92 Å².